The summed E-state index contributed by atoms with van der Waals surface area (Å²) in [5.41, 5.74) is 1.85. The molecular weight excluding hydrogens is 338 g/mol. The van der Waals surface area contributed by atoms with Crippen LogP contribution in [0.3, 0.4) is 0 Å². The molecule has 2 aromatic rings. The maximum Gasteiger partial charge on any atom is 0.342 e. The topological polar surface area (TPSA) is 98.6 Å². The van der Waals surface area contributed by atoms with Crippen molar-refractivity contribution < 1.29 is 28.3 Å². The smallest absolute Gasteiger partial charge is 0.342 e. The second-order valence-electron chi connectivity index (χ2n) is 6.08. The predicted octanol–water partition coefficient (Wildman–Crippen LogP) is 3.45. The zero-order valence-corrected chi connectivity index (χ0v) is 15.8. The lowest BCUT2D eigenvalue weighted by atomic mass is 10.1. The number of nitrogens with one attached hydrogen (secondary N) is 1. The van der Waals surface area contributed by atoms with Gasteiger partial charge in [-0.25, -0.2) is 9.59 Å². The number of H-pyrrole nitrogens is 1. The first-order valence-corrected chi connectivity index (χ1v) is 8.35. The quantitative estimate of drug-likeness (QED) is 0.625. The summed E-state index contributed by atoms with van der Waals surface area (Å²) in [6, 6.07) is 1.57. The van der Waals surface area contributed by atoms with Crippen molar-refractivity contribution in [2.75, 3.05) is 6.61 Å². The molecule has 0 radical (unpaired) electrons. The number of carbonyl (C=O) groups is 3. The van der Waals surface area contributed by atoms with Crippen LogP contribution in [0.15, 0.2) is 10.5 Å². The molecule has 1 atom stereocenters. The highest BCUT2D eigenvalue weighted by molar-refractivity contribution is 6.04. The van der Waals surface area contributed by atoms with E-state index in [0.717, 1.165) is 0 Å². The van der Waals surface area contributed by atoms with Gasteiger partial charge in [-0.1, -0.05) is 0 Å². The average Bonchev–Trinajstić information content (AvgIpc) is 3.05. The molecule has 26 heavy (non-hydrogen) atoms. The van der Waals surface area contributed by atoms with Gasteiger partial charge in [-0.05, 0) is 53.2 Å². The fourth-order valence-corrected chi connectivity index (χ4v) is 2.82. The van der Waals surface area contributed by atoms with Gasteiger partial charge in [0.15, 0.2) is 6.10 Å². The Bertz CT molecular complexity index is 858. The molecule has 2 aromatic heterocycles. The van der Waals surface area contributed by atoms with E-state index in [2.05, 4.69) is 4.98 Å². The van der Waals surface area contributed by atoms with Crippen LogP contribution < -0.4 is 0 Å². The van der Waals surface area contributed by atoms with Gasteiger partial charge in [0.05, 0.1) is 17.9 Å². The number of Topliss-reactive ketones (excluding diaryl/α,β-unsaturated/α-hetero) is 1. The minimum Gasteiger partial charge on any atom is -0.466 e. The van der Waals surface area contributed by atoms with Crippen LogP contribution in [0, 0.1) is 27.7 Å². The summed E-state index contributed by atoms with van der Waals surface area (Å²) < 4.78 is 15.6. The summed E-state index contributed by atoms with van der Waals surface area (Å²) in [6.45, 7) is 10.2. The number of hydrogen-bond acceptors (Lipinski definition) is 6. The number of hydrogen-bond donors (Lipinski definition) is 1. The van der Waals surface area contributed by atoms with E-state index in [4.69, 9.17) is 13.9 Å². The molecule has 0 saturated carbocycles. The lowest BCUT2D eigenvalue weighted by Gasteiger charge is -2.12. The second-order valence-corrected chi connectivity index (χ2v) is 6.08. The van der Waals surface area contributed by atoms with Crippen LogP contribution in [-0.2, 0) is 9.47 Å². The summed E-state index contributed by atoms with van der Waals surface area (Å²) >= 11 is 0. The van der Waals surface area contributed by atoms with Gasteiger partial charge >= 0.3 is 11.9 Å². The molecule has 0 saturated heterocycles. The number of aryl methyl sites for hydroxylation is 3. The highest BCUT2D eigenvalue weighted by Crippen LogP contribution is 2.22. The summed E-state index contributed by atoms with van der Waals surface area (Å²) in [5, 5.41) is 0. The number of ether oxygens (including phenoxy) is 2. The third kappa shape index (κ3) is 3.71. The third-order valence-electron chi connectivity index (χ3n) is 4.08. The van der Waals surface area contributed by atoms with E-state index < -0.39 is 23.8 Å². The summed E-state index contributed by atoms with van der Waals surface area (Å²) in [5.74, 6) is -0.530. The van der Waals surface area contributed by atoms with Crippen LogP contribution in [0.2, 0.25) is 0 Å². The van der Waals surface area contributed by atoms with E-state index in [1.165, 1.54) is 6.92 Å². The summed E-state index contributed by atoms with van der Waals surface area (Å²) in [7, 11) is 0. The van der Waals surface area contributed by atoms with Crippen molar-refractivity contribution in [1.29, 1.82) is 0 Å². The number of carbonyl (C=O) groups excluding carboxylic acids is 3. The van der Waals surface area contributed by atoms with E-state index in [1.807, 2.05) is 0 Å². The fraction of sp³-hybridized carbons (Fsp3) is 0.421. The molecule has 0 aliphatic rings. The zero-order chi connectivity index (χ0) is 19.6. The van der Waals surface area contributed by atoms with Gasteiger partial charge < -0.3 is 18.9 Å². The van der Waals surface area contributed by atoms with Crippen LogP contribution >= 0.6 is 0 Å². The molecule has 0 unspecified atom stereocenters. The number of furan rings is 1. The van der Waals surface area contributed by atoms with Crippen molar-refractivity contribution in [3.05, 3.63) is 45.7 Å². The molecule has 0 amide bonds. The van der Waals surface area contributed by atoms with Crippen LogP contribution in [0.5, 0.6) is 0 Å². The van der Waals surface area contributed by atoms with E-state index in [9.17, 15) is 14.4 Å². The van der Waals surface area contributed by atoms with E-state index in [-0.39, 0.29) is 17.9 Å². The van der Waals surface area contributed by atoms with Crippen molar-refractivity contribution in [2.24, 2.45) is 0 Å². The minimum absolute atomic E-state index is 0.228. The number of aromatic amines is 1. The van der Waals surface area contributed by atoms with Crippen molar-refractivity contribution in [3.8, 4) is 0 Å². The Hall–Kier alpha value is -2.83. The number of aromatic nitrogens is 1. The summed E-state index contributed by atoms with van der Waals surface area (Å²) in [6.07, 6.45) is -1.02. The molecule has 0 spiro atoms. The van der Waals surface area contributed by atoms with Crippen molar-refractivity contribution >= 4 is 17.7 Å². The van der Waals surface area contributed by atoms with Gasteiger partial charge in [-0.3, -0.25) is 4.79 Å². The van der Waals surface area contributed by atoms with Gasteiger partial charge in [0, 0.05) is 5.69 Å². The second kappa shape index (κ2) is 7.59. The van der Waals surface area contributed by atoms with Crippen molar-refractivity contribution in [1.82, 2.24) is 4.98 Å². The van der Waals surface area contributed by atoms with Gasteiger partial charge in [-0.2, -0.15) is 0 Å². The molecule has 0 fully saturated rings. The standard InChI is InChI=1S/C19H23NO6/c1-7-24-19(23)15-10(3)16(20-11(15)4)17(21)13(6)26-18(22)14-8-9(2)25-12(14)5/h8,13,20H,7H2,1-6H3/t13-/m1/s1. The first-order chi connectivity index (χ1) is 12.2. The lowest BCUT2D eigenvalue weighted by Crippen LogP contribution is -2.25. The third-order valence-corrected chi connectivity index (χ3v) is 4.08. The Kier molecular flexibility index (Phi) is 5.69. The van der Waals surface area contributed by atoms with E-state index >= 15 is 0 Å². The highest BCUT2D eigenvalue weighted by Gasteiger charge is 2.28. The van der Waals surface area contributed by atoms with Gasteiger partial charge in [-0.15, -0.1) is 0 Å². The molecule has 2 rings (SSSR count). The minimum atomic E-state index is -1.02. The van der Waals surface area contributed by atoms with Crippen molar-refractivity contribution in [3.63, 3.8) is 0 Å². The molecule has 2 heterocycles. The van der Waals surface area contributed by atoms with Gasteiger partial charge in [0.2, 0.25) is 5.78 Å². The molecular formula is C19H23NO6. The first-order valence-electron chi connectivity index (χ1n) is 8.35. The molecule has 7 nitrogen and oxygen atoms in total. The normalized spacial score (nSPS) is 11.9. The Balaban J connectivity index is 2.21. The molecule has 0 bridgehead atoms. The van der Waals surface area contributed by atoms with Crippen LogP contribution in [0.4, 0.5) is 0 Å². The fourth-order valence-electron chi connectivity index (χ4n) is 2.82. The summed E-state index contributed by atoms with van der Waals surface area (Å²) in [4.78, 5) is 39.9. The average molecular weight is 361 g/mol. The van der Waals surface area contributed by atoms with Gasteiger partial charge in [0.25, 0.3) is 0 Å². The van der Waals surface area contributed by atoms with Gasteiger partial charge in [0.1, 0.15) is 17.1 Å². The Morgan fingerprint density at radius 2 is 1.81 bits per heavy atom. The maximum atomic E-state index is 12.7. The first kappa shape index (κ1) is 19.5. The number of esters is 2. The van der Waals surface area contributed by atoms with Crippen LogP contribution in [-0.4, -0.2) is 35.4 Å². The zero-order valence-electron chi connectivity index (χ0n) is 15.8. The highest BCUT2D eigenvalue weighted by atomic mass is 16.5. The number of rotatable bonds is 6. The lowest BCUT2D eigenvalue weighted by molar-refractivity contribution is 0.0315. The monoisotopic (exact) mass is 361 g/mol. The maximum absolute atomic E-state index is 12.7. The van der Waals surface area contributed by atoms with E-state index in [0.29, 0.717) is 28.3 Å². The van der Waals surface area contributed by atoms with E-state index in [1.54, 1.807) is 40.7 Å². The molecule has 0 aromatic carbocycles. The molecule has 7 heteroatoms. The predicted molar refractivity (Wildman–Crippen MR) is 93.6 cm³/mol. The Labute approximate surface area is 151 Å². The molecule has 0 aliphatic heterocycles. The molecule has 1 N–H and O–H groups in total. The van der Waals surface area contributed by atoms with Crippen LogP contribution in [0.25, 0.3) is 0 Å². The number of ketones is 1. The SMILES string of the molecule is CCOC(=O)c1c(C)[nH]c(C(=O)[C@@H](C)OC(=O)c2cc(C)oc2C)c1C. The molecule has 0 aliphatic carbocycles. The van der Waals surface area contributed by atoms with Crippen LogP contribution in [0.1, 0.15) is 67.8 Å². The largest absolute Gasteiger partial charge is 0.466 e. The Morgan fingerprint density at radius 3 is 2.35 bits per heavy atom. The molecule has 140 valence electrons. The van der Waals surface area contributed by atoms with Crippen molar-refractivity contribution in [2.45, 2.75) is 47.6 Å². The Morgan fingerprint density at radius 1 is 1.15 bits per heavy atom.